The van der Waals surface area contributed by atoms with Crippen LogP contribution in [-0.4, -0.2) is 56.6 Å². The molecule has 2 amide bonds. The first-order valence-corrected chi connectivity index (χ1v) is 11.4. The third kappa shape index (κ3) is 3.41. The van der Waals surface area contributed by atoms with Gasteiger partial charge in [0.25, 0.3) is 5.91 Å². The van der Waals surface area contributed by atoms with Crippen molar-refractivity contribution in [1.29, 1.82) is 0 Å². The summed E-state index contributed by atoms with van der Waals surface area (Å²) in [6, 6.07) is 7.97. The fourth-order valence-corrected chi connectivity index (χ4v) is 5.30. The van der Waals surface area contributed by atoms with Gasteiger partial charge in [0.1, 0.15) is 5.60 Å². The minimum atomic E-state index is -3.84. The van der Waals surface area contributed by atoms with Crippen molar-refractivity contribution in [2.45, 2.75) is 44.2 Å². The Kier molecular flexibility index (Phi) is 4.78. The molecule has 0 spiro atoms. The highest BCUT2D eigenvalue weighted by Crippen LogP contribution is 2.40. The third-order valence-electron chi connectivity index (χ3n) is 5.21. The quantitative estimate of drug-likeness (QED) is 0.803. The number of sulfonamides is 1. The topological polar surface area (TPSA) is 96.0 Å². The molecule has 0 saturated carbocycles. The van der Waals surface area contributed by atoms with Gasteiger partial charge in [-0.05, 0) is 45.9 Å². The van der Waals surface area contributed by atoms with Gasteiger partial charge in [0.15, 0.2) is 0 Å². The molecular formula is C21H25N3O5S. The van der Waals surface area contributed by atoms with Crippen molar-refractivity contribution in [3.05, 3.63) is 35.9 Å². The van der Waals surface area contributed by atoms with Gasteiger partial charge in [0.2, 0.25) is 10.0 Å². The number of rotatable bonds is 4. The number of hydrogen-bond acceptors (Lipinski definition) is 5. The molecule has 1 fully saturated rings. The van der Waals surface area contributed by atoms with E-state index in [-0.39, 0.29) is 29.9 Å². The first-order chi connectivity index (χ1) is 14.0. The second-order valence-corrected chi connectivity index (χ2v) is 10.2. The Bertz CT molecular complexity index is 1150. The Labute approximate surface area is 175 Å². The molecule has 0 atom stereocenters. The van der Waals surface area contributed by atoms with E-state index in [1.807, 2.05) is 6.92 Å². The van der Waals surface area contributed by atoms with Crippen LogP contribution >= 0.6 is 0 Å². The van der Waals surface area contributed by atoms with Crippen LogP contribution in [0.15, 0.2) is 35.2 Å². The zero-order valence-electron chi connectivity index (χ0n) is 17.4. The lowest BCUT2D eigenvalue weighted by molar-refractivity contribution is 0.00737. The number of nitrogens with one attached hydrogen (secondary N) is 1. The van der Waals surface area contributed by atoms with Crippen LogP contribution in [0, 0.1) is 0 Å². The Morgan fingerprint density at radius 3 is 2.53 bits per heavy atom. The fourth-order valence-electron chi connectivity index (χ4n) is 3.88. The third-order valence-corrected chi connectivity index (χ3v) is 6.78. The number of ether oxygens (including phenoxy) is 1. The molecule has 0 aliphatic carbocycles. The summed E-state index contributed by atoms with van der Waals surface area (Å²) in [5, 5.41) is 1.18. The first-order valence-electron chi connectivity index (χ1n) is 9.89. The Morgan fingerprint density at radius 2 is 1.90 bits per heavy atom. The average molecular weight is 432 g/mol. The summed E-state index contributed by atoms with van der Waals surface area (Å²) in [4.78, 5) is 27.9. The summed E-state index contributed by atoms with van der Waals surface area (Å²) in [7, 11) is -3.84. The number of likely N-dealkylation sites (tertiary alicyclic amines) is 1. The van der Waals surface area contributed by atoms with Crippen molar-refractivity contribution < 1.29 is 22.7 Å². The van der Waals surface area contributed by atoms with Crippen molar-refractivity contribution in [2.24, 2.45) is 0 Å². The number of carbonyl (C=O) groups excluding carboxylic acids is 2. The molecule has 0 bridgehead atoms. The number of benzene rings is 2. The van der Waals surface area contributed by atoms with Crippen molar-refractivity contribution in [2.75, 3.05) is 24.5 Å². The van der Waals surface area contributed by atoms with E-state index in [1.165, 1.54) is 11.0 Å². The molecule has 2 aliphatic rings. The van der Waals surface area contributed by atoms with E-state index in [9.17, 15) is 18.0 Å². The van der Waals surface area contributed by atoms with E-state index in [0.29, 0.717) is 22.9 Å². The predicted octanol–water partition coefficient (Wildman–Crippen LogP) is 2.72. The van der Waals surface area contributed by atoms with Crippen molar-refractivity contribution in [3.63, 3.8) is 0 Å². The van der Waals surface area contributed by atoms with Crippen LogP contribution in [0.4, 0.5) is 10.5 Å². The standard InChI is InChI=1S/C21H25N3O5S/c1-5-24-16-9-10-17(14-7-6-8-15(18(14)16)19(24)25)30(27,28)22-13-11-23(12-13)20(26)29-21(2,3)4/h6-10,13,22H,5,11-12H2,1-4H3. The lowest BCUT2D eigenvalue weighted by Crippen LogP contribution is -2.61. The van der Waals surface area contributed by atoms with E-state index >= 15 is 0 Å². The SMILES string of the molecule is CCN1C(=O)c2cccc3c(S(=O)(=O)NC4CN(C(=O)OC(C)(C)C)C4)ccc1c23. The van der Waals surface area contributed by atoms with Gasteiger partial charge >= 0.3 is 6.09 Å². The predicted molar refractivity (Wildman–Crippen MR) is 113 cm³/mol. The first kappa shape index (κ1) is 20.6. The molecule has 2 heterocycles. The maximum absolute atomic E-state index is 13.1. The van der Waals surface area contributed by atoms with Gasteiger partial charge < -0.3 is 14.5 Å². The highest BCUT2D eigenvalue weighted by Gasteiger charge is 2.37. The molecule has 9 heteroatoms. The molecule has 0 aromatic heterocycles. The lowest BCUT2D eigenvalue weighted by Gasteiger charge is -2.39. The smallest absolute Gasteiger partial charge is 0.410 e. The van der Waals surface area contributed by atoms with E-state index < -0.39 is 21.7 Å². The van der Waals surface area contributed by atoms with E-state index in [2.05, 4.69) is 4.72 Å². The highest BCUT2D eigenvalue weighted by atomic mass is 32.2. The summed E-state index contributed by atoms with van der Waals surface area (Å²) < 4.78 is 34.1. The Morgan fingerprint density at radius 1 is 1.20 bits per heavy atom. The molecule has 1 N–H and O–H groups in total. The molecule has 4 rings (SSSR count). The number of amides is 2. The van der Waals surface area contributed by atoms with Gasteiger partial charge in [-0.15, -0.1) is 0 Å². The zero-order valence-corrected chi connectivity index (χ0v) is 18.2. The molecule has 2 aromatic rings. The molecule has 2 aliphatic heterocycles. The van der Waals surface area contributed by atoms with Gasteiger partial charge in [0, 0.05) is 36.0 Å². The van der Waals surface area contributed by atoms with Crippen LogP contribution in [0.25, 0.3) is 10.8 Å². The summed E-state index contributed by atoms with van der Waals surface area (Å²) in [5.41, 5.74) is 0.642. The summed E-state index contributed by atoms with van der Waals surface area (Å²) in [6.07, 6.45) is -0.457. The fraction of sp³-hybridized carbons (Fsp3) is 0.429. The van der Waals surface area contributed by atoms with Gasteiger partial charge in [-0.3, -0.25) is 4.79 Å². The second kappa shape index (κ2) is 6.95. The van der Waals surface area contributed by atoms with Crippen LogP contribution in [0.2, 0.25) is 0 Å². The molecule has 30 heavy (non-hydrogen) atoms. The number of nitrogens with zero attached hydrogens (tertiary/aromatic N) is 2. The largest absolute Gasteiger partial charge is 0.444 e. The minimum Gasteiger partial charge on any atom is -0.444 e. The van der Waals surface area contributed by atoms with E-state index in [0.717, 1.165) is 5.69 Å². The molecule has 0 unspecified atom stereocenters. The van der Waals surface area contributed by atoms with Gasteiger partial charge in [-0.2, -0.15) is 0 Å². The number of hydrogen-bond donors (Lipinski definition) is 1. The number of carbonyl (C=O) groups is 2. The van der Waals surface area contributed by atoms with Crippen molar-refractivity contribution >= 4 is 38.5 Å². The molecule has 0 radical (unpaired) electrons. The van der Waals surface area contributed by atoms with Crippen molar-refractivity contribution in [3.8, 4) is 0 Å². The van der Waals surface area contributed by atoms with Gasteiger partial charge in [-0.1, -0.05) is 12.1 Å². The minimum absolute atomic E-state index is 0.118. The van der Waals surface area contributed by atoms with Crippen molar-refractivity contribution in [1.82, 2.24) is 9.62 Å². The highest BCUT2D eigenvalue weighted by molar-refractivity contribution is 7.89. The molecule has 8 nitrogen and oxygen atoms in total. The molecule has 160 valence electrons. The zero-order chi connectivity index (χ0) is 21.8. The van der Waals surface area contributed by atoms with Gasteiger partial charge in [0.05, 0.1) is 16.6 Å². The number of anilines is 1. The molecule has 1 saturated heterocycles. The summed E-state index contributed by atoms with van der Waals surface area (Å²) in [6.45, 7) is 8.24. The van der Waals surface area contributed by atoms with E-state index in [4.69, 9.17) is 4.74 Å². The average Bonchev–Trinajstić information content (AvgIpc) is 2.89. The van der Waals surface area contributed by atoms with Crippen LogP contribution in [0.5, 0.6) is 0 Å². The maximum atomic E-state index is 13.1. The van der Waals surface area contributed by atoms with Gasteiger partial charge in [-0.25, -0.2) is 17.9 Å². The lowest BCUT2D eigenvalue weighted by atomic mass is 10.1. The summed E-state index contributed by atoms with van der Waals surface area (Å²) in [5.74, 6) is -0.118. The monoisotopic (exact) mass is 431 g/mol. The molecular weight excluding hydrogens is 406 g/mol. The normalized spacial score (nSPS) is 16.9. The summed E-state index contributed by atoms with van der Waals surface area (Å²) >= 11 is 0. The van der Waals surface area contributed by atoms with Crippen LogP contribution < -0.4 is 9.62 Å². The van der Waals surface area contributed by atoms with Crippen LogP contribution in [-0.2, 0) is 14.8 Å². The second-order valence-electron chi connectivity index (χ2n) is 8.56. The maximum Gasteiger partial charge on any atom is 0.410 e. The van der Waals surface area contributed by atoms with E-state index in [1.54, 1.807) is 49.9 Å². The molecule has 2 aromatic carbocycles. The Balaban J connectivity index is 1.56. The van der Waals surface area contributed by atoms with Crippen LogP contribution in [0.3, 0.4) is 0 Å². The van der Waals surface area contributed by atoms with Crippen LogP contribution in [0.1, 0.15) is 38.1 Å². The Hall–Kier alpha value is -2.65.